The van der Waals surface area contributed by atoms with Crippen molar-refractivity contribution in [3.8, 4) is 11.5 Å². The van der Waals surface area contributed by atoms with E-state index in [-0.39, 0.29) is 0 Å². The Kier molecular flexibility index (Phi) is 6.73. The van der Waals surface area contributed by atoms with Crippen LogP contribution in [0.15, 0.2) is 39.9 Å². The number of rotatable bonds is 6. The number of aliphatic imine (C=N–C) groups is 1. The molecular weight excluding hydrogens is 350 g/mol. The largest absolute Gasteiger partial charge is 0.444 e. The Morgan fingerprint density at radius 2 is 2.04 bits per heavy atom. The van der Waals surface area contributed by atoms with Crippen LogP contribution < -0.4 is 10.6 Å². The van der Waals surface area contributed by atoms with Crippen molar-refractivity contribution in [1.29, 1.82) is 0 Å². The van der Waals surface area contributed by atoms with Crippen molar-refractivity contribution >= 4 is 5.96 Å². The monoisotopic (exact) mass is 383 g/mol. The van der Waals surface area contributed by atoms with Gasteiger partial charge in [-0.2, -0.15) is 0 Å². The second-order valence-corrected chi connectivity index (χ2v) is 8.03. The summed E-state index contributed by atoms with van der Waals surface area (Å²) in [4.78, 5) is 11.5. The molecule has 1 aromatic carbocycles. The SMILES string of the molecule is CN=C(NCCc1coc(-c2ccc(C)cc2)n1)NC1CN(C(C)C)CC1C. The number of nitrogens with one attached hydrogen (secondary N) is 2. The van der Waals surface area contributed by atoms with E-state index in [1.165, 1.54) is 5.56 Å². The number of aromatic nitrogens is 1. The average molecular weight is 384 g/mol. The second kappa shape index (κ2) is 9.24. The first-order valence-electron chi connectivity index (χ1n) is 10.2. The average Bonchev–Trinajstić information content (AvgIpc) is 3.29. The lowest BCUT2D eigenvalue weighted by Crippen LogP contribution is -2.47. The Morgan fingerprint density at radius 1 is 1.29 bits per heavy atom. The highest BCUT2D eigenvalue weighted by Gasteiger charge is 2.31. The Balaban J connectivity index is 1.48. The molecule has 152 valence electrons. The lowest BCUT2D eigenvalue weighted by Gasteiger charge is -2.21. The summed E-state index contributed by atoms with van der Waals surface area (Å²) in [6.07, 6.45) is 2.53. The molecule has 1 saturated heterocycles. The molecule has 2 aromatic rings. The molecule has 1 aromatic heterocycles. The quantitative estimate of drug-likeness (QED) is 0.593. The third kappa shape index (κ3) is 5.13. The van der Waals surface area contributed by atoms with Crippen LogP contribution >= 0.6 is 0 Å². The zero-order chi connectivity index (χ0) is 20.1. The van der Waals surface area contributed by atoms with Gasteiger partial charge in [-0.15, -0.1) is 0 Å². The van der Waals surface area contributed by atoms with Crippen LogP contribution in [0, 0.1) is 12.8 Å². The lowest BCUT2D eigenvalue weighted by molar-refractivity contribution is 0.265. The van der Waals surface area contributed by atoms with Gasteiger partial charge in [0.1, 0.15) is 6.26 Å². The van der Waals surface area contributed by atoms with Gasteiger partial charge in [0.25, 0.3) is 0 Å². The van der Waals surface area contributed by atoms with E-state index in [9.17, 15) is 0 Å². The third-order valence-electron chi connectivity index (χ3n) is 5.44. The summed E-state index contributed by atoms with van der Waals surface area (Å²) in [7, 11) is 1.82. The van der Waals surface area contributed by atoms with Gasteiger partial charge in [0.15, 0.2) is 5.96 Å². The van der Waals surface area contributed by atoms with Crippen molar-refractivity contribution in [2.75, 3.05) is 26.7 Å². The molecule has 28 heavy (non-hydrogen) atoms. The molecule has 2 N–H and O–H groups in total. The van der Waals surface area contributed by atoms with E-state index in [4.69, 9.17) is 4.42 Å². The minimum atomic E-state index is 0.425. The molecule has 2 heterocycles. The molecule has 1 fully saturated rings. The highest BCUT2D eigenvalue weighted by atomic mass is 16.3. The smallest absolute Gasteiger partial charge is 0.226 e. The fraction of sp³-hybridized carbons (Fsp3) is 0.545. The summed E-state index contributed by atoms with van der Waals surface area (Å²) in [5, 5.41) is 6.98. The van der Waals surface area contributed by atoms with Crippen LogP contribution in [-0.2, 0) is 6.42 Å². The molecular formula is C22H33N5O. The van der Waals surface area contributed by atoms with Gasteiger partial charge >= 0.3 is 0 Å². The molecule has 1 aliphatic heterocycles. The highest BCUT2D eigenvalue weighted by Crippen LogP contribution is 2.20. The topological polar surface area (TPSA) is 65.7 Å². The molecule has 0 bridgehead atoms. The molecule has 0 amide bonds. The number of benzene rings is 1. The van der Waals surface area contributed by atoms with Crippen LogP contribution in [0.3, 0.4) is 0 Å². The summed E-state index contributed by atoms with van der Waals surface area (Å²) >= 11 is 0. The lowest BCUT2D eigenvalue weighted by atomic mass is 10.1. The molecule has 1 aliphatic rings. The maximum Gasteiger partial charge on any atom is 0.226 e. The van der Waals surface area contributed by atoms with Crippen molar-refractivity contribution < 1.29 is 4.42 Å². The Hall–Kier alpha value is -2.34. The number of nitrogens with zero attached hydrogens (tertiary/aromatic N) is 3. The summed E-state index contributed by atoms with van der Waals surface area (Å²) in [6.45, 7) is 11.8. The normalized spacial score (nSPS) is 20.7. The molecule has 0 spiro atoms. The van der Waals surface area contributed by atoms with Crippen molar-refractivity contribution in [2.24, 2.45) is 10.9 Å². The predicted octanol–water partition coefficient (Wildman–Crippen LogP) is 3.09. The first kappa shape index (κ1) is 20.4. The number of hydrogen-bond acceptors (Lipinski definition) is 4. The van der Waals surface area contributed by atoms with Gasteiger partial charge in [-0.3, -0.25) is 9.89 Å². The standard InChI is InChI=1S/C22H33N5O/c1-15(2)27-12-17(4)20(13-27)26-22(23-5)24-11-10-19-14-28-21(25-19)18-8-6-16(3)7-9-18/h6-9,14-15,17,20H,10-13H2,1-5H3,(H2,23,24,26). The van der Waals surface area contributed by atoms with Crippen molar-refractivity contribution in [3.05, 3.63) is 41.8 Å². The maximum absolute atomic E-state index is 5.64. The van der Waals surface area contributed by atoms with E-state index in [0.29, 0.717) is 23.9 Å². The van der Waals surface area contributed by atoms with Crippen LogP contribution in [0.1, 0.15) is 32.0 Å². The highest BCUT2D eigenvalue weighted by molar-refractivity contribution is 5.80. The van der Waals surface area contributed by atoms with Crippen LogP contribution in [-0.4, -0.2) is 54.6 Å². The first-order chi connectivity index (χ1) is 13.5. The van der Waals surface area contributed by atoms with Crippen molar-refractivity contribution in [2.45, 2.75) is 46.2 Å². The Bertz CT molecular complexity index is 780. The molecule has 0 aliphatic carbocycles. The second-order valence-electron chi connectivity index (χ2n) is 8.03. The number of aryl methyl sites for hydroxylation is 1. The van der Waals surface area contributed by atoms with Gasteiger partial charge in [-0.05, 0) is 38.8 Å². The van der Waals surface area contributed by atoms with E-state index in [1.807, 2.05) is 19.2 Å². The van der Waals surface area contributed by atoms with Gasteiger partial charge in [0, 0.05) is 50.7 Å². The van der Waals surface area contributed by atoms with E-state index in [2.05, 4.69) is 65.3 Å². The van der Waals surface area contributed by atoms with Crippen LogP contribution in [0.2, 0.25) is 0 Å². The first-order valence-corrected chi connectivity index (χ1v) is 10.2. The van der Waals surface area contributed by atoms with Crippen LogP contribution in [0.25, 0.3) is 11.5 Å². The number of likely N-dealkylation sites (tertiary alicyclic amines) is 1. The van der Waals surface area contributed by atoms with Gasteiger partial charge < -0.3 is 15.1 Å². The summed E-state index contributed by atoms with van der Waals surface area (Å²) in [5.41, 5.74) is 3.18. The van der Waals surface area contributed by atoms with E-state index in [0.717, 1.165) is 43.3 Å². The Morgan fingerprint density at radius 3 is 2.68 bits per heavy atom. The van der Waals surface area contributed by atoms with Gasteiger partial charge in [-0.1, -0.05) is 24.6 Å². The molecule has 0 saturated carbocycles. The zero-order valence-electron chi connectivity index (χ0n) is 17.7. The van der Waals surface area contributed by atoms with E-state index < -0.39 is 0 Å². The van der Waals surface area contributed by atoms with Gasteiger partial charge in [0.05, 0.1) is 5.69 Å². The number of oxazole rings is 1. The number of guanidine groups is 1. The van der Waals surface area contributed by atoms with Crippen LogP contribution in [0.5, 0.6) is 0 Å². The molecule has 0 radical (unpaired) electrons. The molecule has 6 heteroatoms. The summed E-state index contributed by atoms with van der Waals surface area (Å²) in [5.74, 6) is 2.13. The predicted molar refractivity (Wildman–Crippen MR) is 115 cm³/mol. The fourth-order valence-corrected chi connectivity index (χ4v) is 3.54. The fourth-order valence-electron chi connectivity index (χ4n) is 3.54. The molecule has 2 atom stereocenters. The van der Waals surface area contributed by atoms with Crippen molar-refractivity contribution in [3.63, 3.8) is 0 Å². The van der Waals surface area contributed by atoms with Crippen LogP contribution in [0.4, 0.5) is 0 Å². The molecule has 3 rings (SSSR count). The van der Waals surface area contributed by atoms with Gasteiger partial charge in [-0.25, -0.2) is 4.98 Å². The minimum absolute atomic E-state index is 0.425. The minimum Gasteiger partial charge on any atom is -0.444 e. The molecule has 6 nitrogen and oxygen atoms in total. The summed E-state index contributed by atoms with van der Waals surface area (Å²) < 4.78 is 5.64. The maximum atomic E-state index is 5.64. The number of hydrogen-bond donors (Lipinski definition) is 2. The van der Waals surface area contributed by atoms with Gasteiger partial charge in [0.2, 0.25) is 5.89 Å². The Labute approximate surface area is 168 Å². The zero-order valence-corrected chi connectivity index (χ0v) is 17.7. The summed E-state index contributed by atoms with van der Waals surface area (Å²) in [6, 6.07) is 9.23. The third-order valence-corrected chi connectivity index (χ3v) is 5.44. The van der Waals surface area contributed by atoms with E-state index >= 15 is 0 Å². The van der Waals surface area contributed by atoms with Crippen molar-refractivity contribution in [1.82, 2.24) is 20.5 Å². The van der Waals surface area contributed by atoms with E-state index in [1.54, 1.807) is 6.26 Å². The molecule has 2 unspecified atom stereocenters.